The molecule has 1 fully saturated rings. The lowest BCUT2D eigenvalue weighted by Gasteiger charge is -2.19. The number of hydrogen-bond donors (Lipinski definition) is 1. The minimum atomic E-state index is -0.836. The van der Waals surface area contributed by atoms with Gasteiger partial charge in [0.2, 0.25) is 0 Å². The Morgan fingerprint density at radius 1 is 1.60 bits per heavy atom. The second-order valence-electron chi connectivity index (χ2n) is 3.91. The standard InChI is InChI=1S/C11H19NO3/c1-9(11(13)14)5-6-12(7-8-15-2)10-3-4-10/h5,10H,3-4,6-8H2,1-2H3,(H,13,14). The Morgan fingerprint density at radius 2 is 2.27 bits per heavy atom. The van der Waals surface area contributed by atoms with E-state index in [9.17, 15) is 4.79 Å². The molecule has 0 heterocycles. The third-order valence-electron chi connectivity index (χ3n) is 2.62. The zero-order valence-electron chi connectivity index (χ0n) is 9.40. The maximum atomic E-state index is 10.6. The number of rotatable bonds is 7. The first-order chi connectivity index (χ1) is 7.15. The van der Waals surface area contributed by atoms with Crippen LogP contribution >= 0.6 is 0 Å². The number of methoxy groups -OCH3 is 1. The van der Waals surface area contributed by atoms with Crippen molar-refractivity contribution in [3.63, 3.8) is 0 Å². The summed E-state index contributed by atoms with van der Waals surface area (Å²) in [6.45, 7) is 3.93. The summed E-state index contributed by atoms with van der Waals surface area (Å²) >= 11 is 0. The summed E-state index contributed by atoms with van der Waals surface area (Å²) in [4.78, 5) is 12.9. The molecule has 4 heteroatoms. The number of hydrogen-bond acceptors (Lipinski definition) is 3. The van der Waals surface area contributed by atoms with Crippen LogP contribution in [0.25, 0.3) is 0 Å². The largest absolute Gasteiger partial charge is 0.478 e. The van der Waals surface area contributed by atoms with Crippen LogP contribution < -0.4 is 0 Å². The van der Waals surface area contributed by atoms with Crippen LogP contribution in [-0.2, 0) is 9.53 Å². The van der Waals surface area contributed by atoms with Gasteiger partial charge in [0.15, 0.2) is 0 Å². The van der Waals surface area contributed by atoms with Gasteiger partial charge in [-0.05, 0) is 19.8 Å². The molecule has 1 N–H and O–H groups in total. The van der Waals surface area contributed by atoms with Gasteiger partial charge in [-0.3, -0.25) is 4.90 Å². The van der Waals surface area contributed by atoms with E-state index in [-0.39, 0.29) is 0 Å². The summed E-state index contributed by atoms with van der Waals surface area (Å²) in [5.74, 6) is -0.836. The smallest absolute Gasteiger partial charge is 0.330 e. The molecule has 0 atom stereocenters. The first-order valence-corrected chi connectivity index (χ1v) is 5.28. The molecule has 1 aliphatic carbocycles. The van der Waals surface area contributed by atoms with Gasteiger partial charge < -0.3 is 9.84 Å². The summed E-state index contributed by atoms with van der Waals surface area (Å²) in [5.41, 5.74) is 0.415. The van der Waals surface area contributed by atoms with E-state index in [1.165, 1.54) is 12.8 Å². The lowest BCUT2D eigenvalue weighted by atomic mass is 10.3. The van der Waals surface area contributed by atoms with Gasteiger partial charge in [-0.25, -0.2) is 4.79 Å². The highest BCUT2D eigenvalue weighted by Gasteiger charge is 2.27. The van der Waals surface area contributed by atoms with E-state index in [0.29, 0.717) is 24.8 Å². The lowest BCUT2D eigenvalue weighted by molar-refractivity contribution is -0.132. The van der Waals surface area contributed by atoms with E-state index in [0.717, 1.165) is 6.54 Å². The van der Waals surface area contributed by atoms with Gasteiger partial charge in [-0.1, -0.05) is 6.08 Å². The fraction of sp³-hybridized carbons (Fsp3) is 0.727. The van der Waals surface area contributed by atoms with Crippen molar-refractivity contribution in [2.24, 2.45) is 0 Å². The number of aliphatic carboxylic acids is 1. The monoisotopic (exact) mass is 213 g/mol. The summed E-state index contributed by atoms with van der Waals surface area (Å²) in [5, 5.41) is 8.71. The van der Waals surface area contributed by atoms with E-state index in [2.05, 4.69) is 4.90 Å². The van der Waals surface area contributed by atoms with Gasteiger partial charge >= 0.3 is 5.97 Å². The average Bonchev–Trinajstić information content (AvgIpc) is 3.01. The fourth-order valence-corrected chi connectivity index (χ4v) is 1.41. The van der Waals surface area contributed by atoms with Crippen LogP contribution in [0.4, 0.5) is 0 Å². The first-order valence-electron chi connectivity index (χ1n) is 5.28. The number of carbonyl (C=O) groups is 1. The van der Waals surface area contributed by atoms with Crippen molar-refractivity contribution in [1.82, 2.24) is 4.90 Å². The van der Waals surface area contributed by atoms with Crippen molar-refractivity contribution in [1.29, 1.82) is 0 Å². The molecular formula is C11H19NO3. The minimum Gasteiger partial charge on any atom is -0.478 e. The van der Waals surface area contributed by atoms with Crippen LogP contribution in [0.1, 0.15) is 19.8 Å². The predicted octanol–water partition coefficient (Wildman–Crippen LogP) is 1.13. The molecule has 0 bridgehead atoms. The molecule has 1 rings (SSSR count). The van der Waals surface area contributed by atoms with Gasteiger partial charge in [-0.15, -0.1) is 0 Å². The Bertz CT molecular complexity index is 246. The molecule has 0 amide bonds. The summed E-state index contributed by atoms with van der Waals surface area (Å²) in [6.07, 6.45) is 4.23. The first kappa shape index (κ1) is 12.2. The van der Waals surface area contributed by atoms with Gasteiger partial charge in [0.05, 0.1) is 6.61 Å². The maximum absolute atomic E-state index is 10.6. The molecule has 1 saturated carbocycles. The Morgan fingerprint density at radius 3 is 2.73 bits per heavy atom. The highest BCUT2D eigenvalue weighted by atomic mass is 16.5. The second kappa shape index (κ2) is 5.88. The van der Waals surface area contributed by atoms with Crippen molar-refractivity contribution in [3.05, 3.63) is 11.6 Å². The Balaban J connectivity index is 2.37. The number of nitrogens with zero attached hydrogens (tertiary/aromatic N) is 1. The number of ether oxygens (including phenoxy) is 1. The van der Waals surface area contributed by atoms with Crippen LogP contribution in [0.5, 0.6) is 0 Å². The quantitative estimate of drug-likeness (QED) is 0.644. The average molecular weight is 213 g/mol. The topological polar surface area (TPSA) is 49.8 Å². The molecule has 0 spiro atoms. The van der Waals surface area contributed by atoms with Crippen molar-refractivity contribution < 1.29 is 14.6 Å². The van der Waals surface area contributed by atoms with Gasteiger partial charge in [-0.2, -0.15) is 0 Å². The van der Waals surface area contributed by atoms with Crippen LogP contribution in [0, 0.1) is 0 Å². The molecular weight excluding hydrogens is 194 g/mol. The Kier molecular flexibility index (Phi) is 4.78. The molecule has 1 aliphatic rings. The predicted molar refractivity (Wildman–Crippen MR) is 57.9 cm³/mol. The third-order valence-corrected chi connectivity index (χ3v) is 2.62. The highest BCUT2D eigenvalue weighted by Crippen LogP contribution is 2.26. The third kappa shape index (κ3) is 4.44. The fourth-order valence-electron chi connectivity index (χ4n) is 1.41. The number of carboxylic acid groups (broad SMARTS) is 1. The van der Waals surface area contributed by atoms with Crippen LogP contribution in [0.3, 0.4) is 0 Å². The molecule has 0 aromatic heterocycles. The Labute approximate surface area is 90.5 Å². The zero-order chi connectivity index (χ0) is 11.3. The van der Waals surface area contributed by atoms with Gasteiger partial charge in [0.25, 0.3) is 0 Å². The van der Waals surface area contributed by atoms with Crippen LogP contribution in [0.2, 0.25) is 0 Å². The summed E-state index contributed by atoms with van der Waals surface area (Å²) in [6, 6.07) is 0.637. The molecule has 4 nitrogen and oxygen atoms in total. The molecule has 15 heavy (non-hydrogen) atoms. The van der Waals surface area contributed by atoms with E-state index in [1.54, 1.807) is 20.1 Å². The van der Waals surface area contributed by atoms with Gasteiger partial charge in [0, 0.05) is 31.8 Å². The van der Waals surface area contributed by atoms with Gasteiger partial charge in [0.1, 0.15) is 0 Å². The molecule has 0 aromatic rings. The number of carboxylic acids is 1. The van der Waals surface area contributed by atoms with Crippen LogP contribution in [0.15, 0.2) is 11.6 Å². The highest BCUT2D eigenvalue weighted by molar-refractivity contribution is 5.85. The van der Waals surface area contributed by atoms with Crippen molar-refractivity contribution >= 4 is 5.97 Å². The van der Waals surface area contributed by atoms with E-state index in [4.69, 9.17) is 9.84 Å². The summed E-state index contributed by atoms with van der Waals surface area (Å²) in [7, 11) is 1.68. The van der Waals surface area contributed by atoms with E-state index >= 15 is 0 Å². The lowest BCUT2D eigenvalue weighted by Crippen LogP contribution is -2.30. The molecule has 0 aromatic carbocycles. The van der Waals surface area contributed by atoms with Crippen molar-refractivity contribution in [2.75, 3.05) is 26.8 Å². The zero-order valence-corrected chi connectivity index (χ0v) is 9.40. The maximum Gasteiger partial charge on any atom is 0.330 e. The molecule has 0 saturated heterocycles. The molecule has 86 valence electrons. The van der Waals surface area contributed by atoms with Crippen molar-refractivity contribution in [2.45, 2.75) is 25.8 Å². The van der Waals surface area contributed by atoms with E-state index < -0.39 is 5.97 Å². The summed E-state index contributed by atoms with van der Waals surface area (Å²) < 4.78 is 5.03. The molecule has 0 aliphatic heterocycles. The second-order valence-corrected chi connectivity index (χ2v) is 3.91. The van der Waals surface area contributed by atoms with Crippen molar-refractivity contribution in [3.8, 4) is 0 Å². The minimum absolute atomic E-state index is 0.415. The van der Waals surface area contributed by atoms with E-state index in [1.807, 2.05) is 0 Å². The Hall–Kier alpha value is -0.870. The normalized spacial score (nSPS) is 17.1. The van der Waals surface area contributed by atoms with Crippen LogP contribution in [-0.4, -0.2) is 48.8 Å². The molecule has 0 radical (unpaired) electrons. The SMILES string of the molecule is COCCN(CC=C(C)C(=O)O)C1CC1. The molecule has 0 unspecified atom stereocenters.